The molecule has 0 aliphatic carbocycles. The highest BCUT2D eigenvalue weighted by Crippen LogP contribution is 2.34. The highest BCUT2D eigenvalue weighted by molar-refractivity contribution is 6.39. The van der Waals surface area contributed by atoms with Crippen molar-refractivity contribution in [3.8, 4) is 11.1 Å². The van der Waals surface area contributed by atoms with Crippen molar-refractivity contribution >= 4 is 45.6 Å². The molecule has 0 aliphatic rings. The van der Waals surface area contributed by atoms with Gasteiger partial charge in [0.1, 0.15) is 5.82 Å². The summed E-state index contributed by atoms with van der Waals surface area (Å²) in [7, 11) is 1.73. The van der Waals surface area contributed by atoms with E-state index in [1.54, 1.807) is 42.1 Å². The smallest absolute Gasteiger partial charge is 0.258 e. The van der Waals surface area contributed by atoms with Crippen LogP contribution < -0.4 is 10.9 Å². The summed E-state index contributed by atoms with van der Waals surface area (Å²) in [6.07, 6.45) is 1.74. The number of pyridine rings is 2. The minimum absolute atomic E-state index is 0.171. The van der Waals surface area contributed by atoms with Crippen LogP contribution in [0.3, 0.4) is 0 Å². The van der Waals surface area contributed by atoms with E-state index in [1.807, 2.05) is 37.3 Å². The van der Waals surface area contributed by atoms with Gasteiger partial charge in [0, 0.05) is 35.9 Å². The first-order chi connectivity index (χ1) is 13.4. The lowest BCUT2D eigenvalue weighted by molar-refractivity contribution is 0.907. The molecule has 0 radical (unpaired) electrons. The second kappa shape index (κ2) is 7.30. The predicted octanol–water partition coefficient (Wildman–Crippen LogP) is 5.96. The fourth-order valence-electron chi connectivity index (χ4n) is 3.15. The highest BCUT2D eigenvalue weighted by atomic mass is 35.5. The molecule has 4 nitrogen and oxygen atoms in total. The molecule has 0 atom stereocenters. The van der Waals surface area contributed by atoms with Crippen molar-refractivity contribution in [3.63, 3.8) is 0 Å². The summed E-state index contributed by atoms with van der Waals surface area (Å²) in [5, 5.41) is 4.97. The van der Waals surface area contributed by atoms with Crippen molar-refractivity contribution in [2.75, 3.05) is 5.32 Å². The molecule has 4 rings (SSSR count). The zero-order chi connectivity index (χ0) is 19.8. The summed E-state index contributed by atoms with van der Waals surface area (Å²) in [6.45, 7) is 2.04. The summed E-state index contributed by atoms with van der Waals surface area (Å²) >= 11 is 12.6. The summed E-state index contributed by atoms with van der Waals surface area (Å²) in [4.78, 5) is 17.5. The van der Waals surface area contributed by atoms with Crippen LogP contribution in [0.1, 0.15) is 5.56 Å². The molecule has 4 aromatic rings. The lowest BCUT2D eigenvalue weighted by atomic mass is 10.1. The second-order valence-corrected chi connectivity index (χ2v) is 7.45. The highest BCUT2D eigenvalue weighted by Gasteiger charge is 2.15. The van der Waals surface area contributed by atoms with Gasteiger partial charge in [-0.05, 0) is 37.3 Å². The van der Waals surface area contributed by atoms with E-state index in [4.69, 9.17) is 23.2 Å². The molecule has 0 fully saturated rings. The summed E-state index contributed by atoms with van der Waals surface area (Å²) in [5.41, 5.74) is 3.70. The van der Waals surface area contributed by atoms with Crippen LogP contribution in [-0.4, -0.2) is 9.55 Å². The Morgan fingerprint density at radius 2 is 1.68 bits per heavy atom. The molecule has 0 unspecified atom stereocenters. The molecule has 0 saturated heterocycles. The van der Waals surface area contributed by atoms with Gasteiger partial charge in [-0.1, -0.05) is 47.0 Å². The minimum Gasteiger partial charge on any atom is -0.340 e. The molecular weight excluding hydrogens is 393 g/mol. The number of nitrogens with zero attached hydrogens (tertiary/aromatic N) is 2. The Labute approximate surface area is 172 Å². The molecule has 140 valence electrons. The van der Waals surface area contributed by atoms with E-state index in [-0.39, 0.29) is 5.56 Å². The number of aromatic nitrogens is 2. The standard InChI is InChI=1S/C22H17Cl2N3O/c1-13-6-8-15(9-7-13)26-20-11-19-14(12-25-20)10-16(22(28)27(19)2)21-17(23)4-3-5-18(21)24/h3-12H,1-2H3,(H,25,26). The van der Waals surface area contributed by atoms with Crippen molar-refractivity contribution in [3.05, 3.63) is 86.8 Å². The second-order valence-electron chi connectivity index (χ2n) is 6.64. The van der Waals surface area contributed by atoms with E-state index in [1.165, 1.54) is 5.56 Å². The van der Waals surface area contributed by atoms with E-state index in [0.29, 0.717) is 27.0 Å². The van der Waals surface area contributed by atoms with Gasteiger partial charge in [0.15, 0.2) is 0 Å². The quantitative estimate of drug-likeness (QED) is 0.453. The molecule has 28 heavy (non-hydrogen) atoms. The zero-order valence-electron chi connectivity index (χ0n) is 15.3. The third kappa shape index (κ3) is 3.37. The Morgan fingerprint density at radius 3 is 2.36 bits per heavy atom. The Balaban J connectivity index is 1.82. The molecular formula is C22H17Cl2N3O. The number of hydrogen-bond donors (Lipinski definition) is 1. The Morgan fingerprint density at radius 1 is 1.00 bits per heavy atom. The van der Waals surface area contributed by atoms with Crippen molar-refractivity contribution in [2.45, 2.75) is 6.92 Å². The van der Waals surface area contributed by atoms with E-state index >= 15 is 0 Å². The number of fused-ring (bicyclic) bond motifs is 1. The van der Waals surface area contributed by atoms with E-state index in [0.717, 1.165) is 16.6 Å². The topological polar surface area (TPSA) is 46.9 Å². The molecule has 6 heteroatoms. The van der Waals surface area contributed by atoms with Gasteiger partial charge in [-0.25, -0.2) is 4.98 Å². The van der Waals surface area contributed by atoms with Gasteiger partial charge >= 0.3 is 0 Å². The van der Waals surface area contributed by atoms with Gasteiger partial charge in [-0.3, -0.25) is 4.79 Å². The molecule has 0 aliphatic heterocycles. The van der Waals surface area contributed by atoms with Crippen molar-refractivity contribution < 1.29 is 0 Å². The average molecular weight is 410 g/mol. The Bertz CT molecular complexity index is 1230. The van der Waals surface area contributed by atoms with Gasteiger partial charge in [0.2, 0.25) is 0 Å². The van der Waals surface area contributed by atoms with Crippen LogP contribution in [0, 0.1) is 6.92 Å². The van der Waals surface area contributed by atoms with Crippen molar-refractivity contribution in [1.29, 1.82) is 0 Å². The predicted molar refractivity (Wildman–Crippen MR) is 117 cm³/mol. The van der Waals surface area contributed by atoms with E-state index in [2.05, 4.69) is 10.3 Å². The zero-order valence-corrected chi connectivity index (χ0v) is 16.8. The molecule has 2 aromatic carbocycles. The monoisotopic (exact) mass is 409 g/mol. The average Bonchev–Trinajstić information content (AvgIpc) is 2.68. The fourth-order valence-corrected chi connectivity index (χ4v) is 3.75. The number of hydrogen-bond acceptors (Lipinski definition) is 3. The minimum atomic E-state index is -0.171. The molecule has 2 heterocycles. The Kier molecular flexibility index (Phi) is 4.84. The SMILES string of the molecule is Cc1ccc(Nc2cc3c(cn2)cc(-c2c(Cl)cccc2Cl)c(=O)n3C)cc1. The lowest BCUT2D eigenvalue weighted by Crippen LogP contribution is -2.19. The van der Waals surface area contributed by atoms with Crippen LogP contribution in [-0.2, 0) is 7.05 Å². The van der Waals surface area contributed by atoms with Crippen LogP contribution in [0.15, 0.2) is 65.6 Å². The number of nitrogens with one attached hydrogen (secondary N) is 1. The van der Waals surface area contributed by atoms with Crippen LogP contribution >= 0.6 is 23.2 Å². The van der Waals surface area contributed by atoms with Crippen molar-refractivity contribution in [2.24, 2.45) is 7.05 Å². The number of anilines is 2. The maximum absolute atomic E-state index is 13.0. The van der Waals surface area contributed by atoms with E-state index in [9.17, 15) is 4.79 Å². The fraction of sp³-hybridized carbons (Fsp3) is 0.0909. The van der Waals surface area contributed by atoms with Crippen LogP contribution in [0.2, 0.25) is 10.0 Å². The van der Waals surface area contributed by atoms with Gasteiger partial charge in [0.25, 0.3) is 5.56 Å². The van der Waals surface area contributed by atoms with Crippen LogP contribution in [0.25, 0.3) is 22.0 Å². The van der Waals surface area contributed by atoms with Crippen LogP contribution in [0.4, 0.5) is 11.5 Å². The summed E-state index contributed by atoms with van der Waals surface area (Å²) in [5.74, 6) is 0.662. The maximum atomic E-state index is 13.0. The first-order valence-electron chi connectivity index (χ1n) is 8.72. The van der Waals surface area contributed by atoms with E-state index < -0.39 is 0 Å². The lowest BCUT2D eigenvalue weighted by Gasteiger charge is -2.13. The third-order valence-electron chi connectivity index (χ3n) is 4.66. The van der Waals surface area contributed by atoms with Crippen LogP contribution in [0.5, 0.6) is 0 Å². The summed E-state index contributed by atoms with van der Waals surface area (Å²) in [6, 6.07) is 16.9. The van der Waals surface area contributed by atoms with Gasteiger partial charge in [-0.15, -0.1) is 0 Å². The molecule has 1 N–H and O–H groups in total. The molecule has 0 bridgehead atoms. The van der Waals surface area contributed by atoms with Gasteiger partial charge in [0.05, 0.1) is 21.1 Å². The molecule has 2 aromatic heterocycles. The van der Waals surface area contributed by atoms with Gasteiger partial charge in [-0.2, -0.15) is 0 Å². The number of halogens is 2. The normalized spacial score (nSPS) is 11.0. The molecule has 0 saturated carbocycles. The Hall–Kier alpha value is -2.82. The first kappa shape index (κ1) is 18.5. The first-order valence-corrected chi connectivity index (χ1v) is 9.47. The number of rotatable bonds is 3. The summed E-state index contributed by atoms with van der Waals surface area (Å²) < 4.78 is 1.59. The largest absolute Gasteiger partial charge is 0.340 e. The maximum Gasteiger partial charge on any atom is 0.258 e. The molecule has 0 amide bonds. The molecule has 0 spiro atoms. The third-order valence-corrected chi connectivity index (χ3v) is 5.29. The number of aryl methyl sites for hydroxylation is 2. The van der Waals surface area contributed by atoms with Gasteiger partial charge < -0.3 is 9.88 Å². The van der Waals surface area contributed by atoms with Crippen molar-refractivity contribution in [1.82, 2.24) is 9.55 Å². The number of benzene rings is 2.